The summed E-state index contributed by atoms with van der Waals surface area (Å²) in [4.78, 5) is 8.65. The van der Waals surface area contributed by atoms with Gasteiger partial charge in [0.25, 0.3) is 0 Å². The van der Waals surface area contributed by atoms with Crippen LogP contribution in [0.2, 0.25) is 0 Å². The molecular weight excluding hydrogens is 212 g/mol. The van der Waals surface area contributed by atoms with E-state index in [2.05, 4.69) is 32.1 Å². The van der Waals surface area contributed by atoms with Crippen molar-refractivity contribution in [2.45, 2.75) is 32.4 Å². The monoisotopic (exact) mass is 228 g/mol. The molecular formula is C13H16N4. The Morgan fingerprint density at radius 3 is 3.06 bits per heavy atom. The molecule has 0 bridgehead atoms. The van der Waals surface area contributed by atoms with Gasteiger partial charge in [0.05, 0.1) is 12.2 Å². The van der Waals surface area contributed by atoms with Crippen molar-refractivity contribution in [2.75, 3.05) is 5.32 Å². The van der Waals surface area contributed by atoms with Crippen LogP contribution in [-0.4, -0.2) is 20.6 Å². The summed E-state index contributed by atoms with van der Waals surface area (Å²) in [6.07, 6.45) is 8.30. The highest BCUT2D eigenvalue weighted by molar-refractivity contribution is 5.33. The summed E-state index contributed by atoms with van der Waals surface area (Å²) in [6.45, 7) is 2.85. The average molecular weight is 228 g/mol. The molecule has 1 fully saturated rings. The Morgan fingerprint density at radius 2 is 2.35 bits per heavy atom. The average Bonchev–Trinajstić information content (AvgIpc) is 3.06. The number of hydrogen-bond acceptors (Lipinski definition) is 3. The van der Waals surface area contributed by atoms with E-state index in [-0.39, 0.29) is 0 Å². The molecule has 0 aromatic carbocycles. The first-order chi connectivity index (χ1) is 8.31. The number of aryl methyl sites for hydroxylation is 1. The quantitative estimate of drug-likeness (QED) is 0.872. The van der Waals surface area contributed by atoms with Crippen LogP contribution in [0.25, 0.3) is 0 Å². The minimum Gasteiger partial charge on any atom is -0.353 e. The van der Waals surface area contributed by atoms with Gasteiger partial charge in [0.2, 0.25) is 5.95 Å². The van der Waals surface area contributed by atoms with Gasteiger partial charge in [-0.3, -0.25) is 4.98 Å². The summed E-state index contributed by atoms with van der Waals surface area (Å²) < 4.78 is 2.16. The van der Waals surface area contributed by atoms with Crippen molar-refractivity contribution in [3.8, 4) is 0 Å². The molecule has 2 aromatic heterocycles. The zero-order valence-electron chi connectivity index (χ0n) is 9.93. The first kappa shape index (κ1) is 10.3. The minimum atomic E-state index is 0.629. The molecule has 3 rings (SSSR count). The van der Waals surface area contributed by atoms with Crippen LogP contribution in [0, 0.1) is 6.92 Å². The fraction of sp³-hybridized carbons (Fsp3) is 0.385. The van der Waals surface area contributed by atoms with Crippen LogP contribution >= 0.6 is 0 Å². The zero-order chi connectivity index (χ0) is 11.7. The fourth-order valence-electron chi connectivity index (χ4n) is 1.88. The molecule has 2 heterocycles. The molecule has 4 nitrogen and oxygen atoms in total. The molecule has 1 saturated carbocycles. The summed E-state index contributed by atoms with van der Waals surface area (Å²) in [6, 6.07) is 4.68. The maximum absolute atomic E-state index is 4.52. The summed E-state index contributed by atoms with van der Waals surface area (Å²) in [7, 11) is 0. The molecule has 0 amide bonds. The van der Waals surface area contributed by atoms with Crippen molar-refractivity contribution >= 4 is 5.95 Å². The SMILES string of the molecule is Cc1cn(Cc2cccnc2)c(NC2CC2)n1. The number of aromatic nitrogens is 3. The highest BCUT2D eigenvalue weighted by Crippen LogP contribution is 2.24. The first-order valence-electron chi connectivity index (χ1n) is 6.00. The van der Waals surface area contributed by atoms with Gasteiger partial charge in [-0.15, -0.1) is 0 Å². The second kappa shape index (κ2) is 4.20. The van der Waals surface area contributed by atoms with Crippen LogP contribution in [-0.2, 0) is 6.54 Å². The van der Waals surface area contributed by atoms with E-state index in [9.17, 15) is 0 Å². The molecule has 1 aliphatic rings. The highest BCUT2D eigenvalue weighted by atomic mass is 15.2. The fourth-order valence-corrected chi connectivity index (χ4v) is 1.88. The number of nitrogens with one attached hydrogen (secondary N) is 1. The predicted molar refractivity (Wildman–Crippen MR) is 66.9 cm³/mol. The molecule has 0 aliphatic heterocycles. The zero-order valence-corrected chi connectivity index (χ0v) is 9.93. The van der Waals surface area contributed by atoms with Gasteiger partial charge in [0.15, 0.2) is 0 Å². The summed E-state index contributed by atoms with van der Waals surface area (Å²) in [5.41, 5.74) is 2.25. The third-order valence-corrected chi connectivity index (χ3v) is 2.88. The van der Waals surface area contributed by atoms with E-state index < -0.39 is 0 Å². The lowest BCUT2D eigenvalue weighted by Gasteiger charge is -2.08. The molecule has 2 aromatic rings. The Morgan fingerprint density at radius 1 is 1.47 bits per heavy atom. The Labute approximate surface area is 101 Å². The van der Waals surface area contributed by atoms with Gasteiger partial charge in [-0.05, 0) is 31.4 Å². The number of hydrogen-bond donors (Lipinski definition) is 1. The Bertz CT molecular complexity index is 499. The summed E-state index contributed by atoms with van der Waals surface area (Å²) >= 11 is 0. The van der Waals surface area contributed by atoms with Crippen LogP contribution in [0.15, 0.2) is 30.7 Å². The van der Waals surface area contributed by atoms with Crippen LogP contribution in [0.5, 0.6) is 0 Å². The van der Waals surface area contributed by atoms with Gasteiger partial charge >= 0.3 is 0 Å². The number of imidazole rings is 1. The molecule has 0 atom stereocenters. The summed E-state index contributed by atoms with van der Waals surface area (Å²) in [5.74, 6) is 0.980. The Hall–Kier alpha value is -1.84. The molecule has 0 saturated heterocycles. The number of rotatable bonds is 4. The molecule has 1 aliphatic carbocycles. The first-order valence-corrected chi connectivity index (χ1v) is 6.00. The van der Waals surface area contributed by atoms with Gasteiger partial charge in [0.1, 0.15) is 0 Å². The van der Waals surface area contributed by atoms with Crippen molar-refractivity contribution in [1.82, 2.24) is 14.5 Å². The standard InChI is InChI=1S/C13H16N4/c1-10-8-17(9-11-3-2-6-14-7-11)13(15-10)16-12-4-5-12/h2-3,6-8,12H,4-5,9H2,1H3,(H,15,16). The molecule has 1 N–H and O–H groups in total. The van der Waals surface area contributed by atoms with Crippen LogP contribution < -0.4 is 5.32 Å². The lowest BCUT2D eigenvalue weighted by atomic mass is 10.3. The van der Waals surface area contributed by atoms with Crippen molar-refractivity contribution in [3.05, 3.63) is 42.0 Å². The van der Waals surface area contributed by atoms with E-state index in [1.807, 2.05) is 19.2 Å². The molecule has 0 unspecified atom stereocenters. The van der Waals surface area contributed by atoms with Gasteiger partial charge in [0, 0.05) is 24.6 Å². The minimum absolute atomic E-state index is 0.629. The van der Waals surface area contributed by atoms with E-state index in [1.165, 1.54) is 18.4 Å². The van der Waals surface area contributed by atoms with E-state index in [4.69, 9.17) is 0 Å². The van der Waals surface area contributed by atoms with Gasteiger partial charge in [-0.25, -0.2) is 4.98 Å². The maximum atomic E-state index is 4.52. The van der Waals surface area contributed by atoms with Crippen molar-refractivity contribution < 1.29 is 0 Å². The van der Waals surface area contributed by atoms with E-state index in [0.717, 1.165) is 18.2 Å². The molecule has 0 spiro atoms. The number of pyridine rings is 1. The topological polar surface area (TPSA) is 42.7 Å². The number of anilines is 1. The molecule has 88 valence electrons. The second-order valence-corrected chi connectivity index (χ2v) is 4.61. The number of nitrogens with zero attached hydrogens (tertiary/aromatic N) is 3. The normalized spacial score (nSPS) is 14.9. The predicted octanol–water partition coefficient (Wildman–Crippen LogP) is 2.21. The third kappa shape index (κ3) is 2.46. The molecule has 17 heavy (non-hydrogen) atoms. The van der Waals surface area contributed by atoms with Crippen molar-refractivity contribution in [2.24, 2.45) is 0 Å². The van der Waals surface area contributed by atoms with Crippen molar-refractivity contribution in [3.63, 3.8) is 0 Å². The largest absolute Gasteiger partial charge is 0.353 e. The highest BCUT2D eigenvalue weighted by Gasteiger charge is 2.22. The molecule has 0 radical (unpaired) electrons. The van der Waals surface area contributed by atoms with Crippen molar-refractivity contribution in [1.29, 1.82) is 0 Å². The van der Waals surface area contributed by atoms with E-state index in [0.29, 0.717) is 6.04 Å². The van der Waals surface area contributed by atoms with Gasteiger partial charge in [-0.2, -0.15) is 0 Å². The smallest absolute Gasteiger partial charge is 0.203 e. The Kier molecular flexibility index (Phi) is 2.55. The lowest BCUT2D eigenvalue weighted by Crippen LogP contribution is -2.09. The lowest BCUT2D eigenvalue weighted by molar-refractivity contribution is 0.792. The van der Waals surface area contributed by atoms with E-state index in [1.54, 1.807) is 6.20 Å². The van der Waals surface area contributed by atoms with Crippen LogP contribution in [0.4, 0.5) is 5.95 Å². The van der Waals surface area contributed by atoms with Gasteiger partial charge < -0.3 is 9.88 Å². The third-order valence-electron chi connectivity index (χ3n) is 2.88. The maximum Gasteiger partial charge on any atom is 0.203 e. The van der Waals surface area contributed by atoms with Crippen LogP contribution in [0.3, 0.4) is 0 Å². The van der Waals surface area contributed by atoms with Crippen LogP contribution in [0.1, 0.15) is 24.1 Å². The van der Waals surface area contributed by atoms with Gasteiger partial charge in [-0.1, -0.05) is 6.07 Å². The molecule has 4 heteroatoms. The second-order valence-electron chi connectivity index (χ2n) is 4.61. The van der Waals surface area contributed by atoms with E-state index >= 15 is 0 Å². The summed E-state index contributed by atoms with van der Waals surface area (Å²) in [5, 5.41) is 3.46. The Balaban J connectivity index is 1.81.